The Labute approximate surface area is 763 Å². The van der Waals surface area contributed by atoms with Crippen molar-refractivity contribution in [1.29, 1.82) is 0 Å². The van der Waals surface area contributed by atoms with E-state index in [0.29, 0.717) is 6.17 Å². The summed E-state index contributed by atoms with van der Waals surface area (Å²) in [6.45, 7) is 0. The van der Waals surface area contributed by atoms with Crippen LogP contribution in [0, 0.1) is 124 Å². The molecule has 24 rings (SSSR count). The summed E-state index contributed by atoms with van der Waals surface area (Å²) in [4.78, 5) is 13.6. The third-order valence-electron chi connectivity index (χ3n) is 46.7. The van der Waals surface area contributed by atoms with Crippen LogP contribution in [-0.4, -0.2) is 135 Å². The van der Waals surface area contributed by atoms with Gasteiger partial charge in [0.1, 0.15) is 0 Å². The quantitative estimate of drug-likeness (QED) is 0.137. The lowest BCUT2D eigenvalue weighted by Crippen LogP contribution is -2.61. The fourth-order valence-corrected chi connectivity index (χ4v) is 41.4. The van der Waals surface area contributed by atoms with E-state index in [9.17, 15) is 0 Å². The Morgan fingerprint density at radius 1 is 0.121 bits per heavy atom. The zero-order chi connectivity index (χ0) is 82.0. The molecule has 8 heterocycles. The first-order valence-corrected chi connectivity index (χ1v) is 59.6. The molecule has 0 aromatic carbocycles. The van der Waals surface area contributed by atoms with E-state index in [0.717, 1.165) is 233 Å². The van der Waals surface area contributed by atoms with Crippen molar-refractivity contribution in [3.8, 4) is 0 Å². The maximum absolute atomic E-state index is 4.62. The third kappa shape index (κ3) is 18.2. The Hall–Kier alpha value is -0.320. The van der Waals surface area contributed by atoms with Crippen LogP contribution in [0.4, 0.5) is 0 Å². The van der Waals surface area contributed by atoms with E-state index >= 15 is 0 Å². The van der Waals surface area contributed by atoms with Gasteiger partial charge < -0.3 is 16.0 Å². The number of fused-ring (bicyclic) bond motifs is 12. The van der Waals surface area contributed by atoms with E-state index in [1.807, 2.05) is 0 Å². The van der Waals surface area contributed by atoms with E-state index in [-0.39, 0.29) is 0 Å². The molecular formula is C116H196N8. The van der Waals surface area contributed by atoms with Crippen LogP contribution in [0.25, 0.3) is 0 Å². The number of nitrogens with one attached hydrogen (secondary N) is 4. The van der Waals surface area contributed by atoms with Crippen molar-refractivity contribution in [2.24, 2.45) is 124 Å². The third-order valence-corrected chi connectivity index (χ3v) is 46.7. The average Bonchev–Trinajstić information content (AvgIpc) is 1.60. The van der Waals surface area contributed by atoms with Gasteiger partial charge in [-0.15, -0.1) is 0 Å². The molecule has 24 aliphatic rings. The molecule has 0 spiro atoms. The summed E-state index contributed by atoms with van der Waals surface area (Å²) in [7, 11) is 0. The second-order valence-electron chi connectivity index (χ2n) is 52.3. The molecule has 8 aliphatic heterocycles. The highest BCUT2D eigenvalue weighted by Gasteiger charge is 2.62. The predicted molar refractivity (Wildman–Crippen MR) is 516 cm³/mol. The molecule has 29 atom stereocenters. The molecule has 700 valence electrons. The second kappa shape index (κ2) is 40.5. The molecule has 0 aromatic heterocycles. The zero-order valence-corrected chi connectivity index (χ0v) is 80.6. The highest BCUT2D eigenvalue weighted by Crippen LogP contribution is 2.63. The number of rotatable bonds is 14. The molecule has 24 fully saturated rings. The number of likely N-dealkylation sites (tertiary alicyclic amines) is 4. The van der Waals surface area contributed by atoms with Crippen LogP contribution in [0.3, 0.4) is 0 Å². The topological polar surface area (TPSA) is 61.1 Å². The molecular weight excluding hydrogens is 1510 g/mol. The van der Waals surface area contributed by atoms with Gasteiger partial charge in [0, 0.05) is 109 Å². The maximum Gasteiger partial charge on any atom is 0.0607 e. The van der Waals surface area contributed by atoms with Crippen LogP contribution < -0.4 is 21.3 Å². The Morgan fingerprint density at radius 2 is 0.323 bits per heavy atom. The molecule has 8 heteroatoms. The molecule has 29 unspecified atom stereocenters. The van der Waals surface area contributed by atoms with Crippen molar-refractivity contribution in [1.82, 2.24) is 40.9 Å². The Bertz CT molecular complexity index is 2740. The maximum atomic E-state index is 4.62. The van der Waals surface area contributed by atoms with E-state index in [2.05, 4.69) is 40.9 Å². The molecule has 8 nitrogen and oxygen atoms in total. The van der Waals surface area contributed by atoms with E-state index < -0.39 is 0 Å². The molecule has 0 amide bonds. The number of hydrogen-bond acceptors (Lipinski definition) is 8. The molecule has 16 saturated carbocycles. The standard InChI is InChI=1S/2C58H98N4/c1-5-17-39(18-6-1)51-35-45(36-52(59-51)40-19-7-2-8-20-40)61-55-27-15-13-25-47(55)49-33-43(29-31-57(49)61)44-30-32-58-50(34-44)48-26-14-16-28-56(48)62(58)46-37-53(41-21-9-3-10-22-41)60-54(38-46)42-23-11-4-12-24-42;1-5-17-39(18-6-1)45-35-51(40-19-7-2-8-20-40)60-58(36-45)62-55-28-16-14-26-48(55)50-34-44(30-32-57(50)62)43-29-31-56-49(33-43)47-25-13-15-27-54(47)61(56)46-37-52(41-21-9-3-10-22-41)59-53(38-46)42-23-11-4-12-24-42/h2*39-60H,1-38H2. The van der Waals surface area contributed by atoms with E-state index in [1.165, 1.54) is 353 Å². The molecule has 4 N–H and O–H groups in total. The summed E-state index contributed by atoms with van der Waals surface area (Å²) in [6.07, 6.45) is 117. The summed E-state index contributed by atoms with van der Waals surface area (Å²) in [5.41, 5.74) is 0. The summed E-state index contributed by atoms with van der Waals surface area (Å²) in [5, 5.41) is 18.1. The minimum Gasteiger partial charge on any atom is -0.311 e. The predicted octanol–water partition coefficient (Wildman–Crippen LogP) is 27.4. The lowest BCUT2D eigenvalue weighted by molar-refractivity contribution is -0.00991. The minimum absolute atomic E-state index is 0.688. The lowest BCUT2D eigenvalue weighted by atomic mass is 9.62. The smallest absolute Gasteiger partial charge is 0.0607 e. The van der Waals surface area contributed by atoms with Crippen LogP contribution in [0.2, 0.25) is 0 Å². The highest BCUT2D eigenvalue weighted by molar-refractivity contribution is 5.16. The van der Waals surface area contributed by atoms with Crippen LogP contribution in [-0.2, 0) is 0 Å². The van der Waals surface area contributed by atoms with Gasteiger partial charge in [0.15, 0.2) is 0 Å². The zero-order valence-electron chi connectivity index (χ0n) is 80.6. The van der Waals surface area contributed by atoms with Gasteiger partial charge in [-0.25, -0.2) is 0 Å². The average molecular weight is 1700 g/mol. The van der Waals surface area contributed by atoms with Crippen molar-refractivity contribution >= 4 is 0 Å². The van der Waals surface area contributed by atoms with Crippen LogP contribution in [0.1, 0.15) is 488 Å². The summed E-state index contributed by atoms with van der Waals surface area (Å²) in [6, 6.07) is 15.7. The highest BCUT2D eigenvalue weighted by atomic mass is 15.4. The van der Waals surface area contributed by atoms with Crippen LogP contribution >= 0.6 is 0 Å². The largest absolute Gasteiger partial charge is 0.311 e. The van der Waals surface area contributed by atoms with Gasteiger partial charge in [-0.2, -0.15) is 0 Å². The van der Waals surface area contributed by atoms with Crippen molar-refractivity contribution < 1.29 is 0 Å². The number of hydrogen-bond donors (Lipinski definition) is 4. The van der Waals surface area contributed by atoms with Gasteiger partial charge in [0.25, 0.3) is 0 Å². The summed E-state index contributed by atoms with van der Waals surface area (Å²) < 4.78 is 0. The van der Waals surface area contributed by atoms with E-state index in [4.69, 9.17) is 0 Å². The van der Waals surface area contributed by atoms with Gasteiger partial charge in [0.2, 0.25) is 0 Å². The van der Waals surface area contributed by atoms with Gasteiger partial charge in [0.05, 0.1) is 6.17 Å². The van der Waals surface area contributed by atoms with Crippen molar-refractivity contribution in [2.45, 2.75) is 603 Å². The van der Waals surface area contributed by atoms with E-state index in [1.54, 1.807) is 135 Å². The fraction of sp³-hybridized carbons (Fsp3) is 1.00. The molecule has 0 aromatic rings. The summed E-state index contributed by atoms with van der Waals surface area (Å²) >= 11 is 0. The second-order valence-corrected chi connectivity index (χ2v) is 52.3. The Kier molecular flexibility index (Phi) is 28.7. The molecule has 0 bridgehead atoms. The molecule has 0 radical (unpaired) electrons. The van der Waals surface area contributed by atoms with Gasteiger partial charge >= 0.3 is 0 Å². The SMILES string of the molecule is C1CCC(C2CC(C3CCCCC3)NC(N3C4CCCCC4C4CC(C5CCC6C(C5)C5CCCCC5N6C5CC(C6CCCCC6)NC(C6CCCCC6)C5)CCC43)C2)CC1.C1CCC(C2CC(N3C4CCCCC4C4CC(C5CCC6C(C5)C5CCCCC5N6C5CC(C6CCCCC6)NC(C6CCCCC6)C5)CCC43)CC(C3CCCCC3)N2)CC1. The van der Waals surface area contributed by atoms with Crippen molar-refractivity contribution in [3.05, 3.63) is 0 Å². The monoisotopic (exact) mass is 1700 g/mol. The first-order valence-electron chi connectivity index (χ1n) is 59.6. The molecule has 16 aliphatic carbocycles. The van der Waals surface area contributed by atoms with Gasteiger partial charge in [-0.3, -0.25) is 24.9 Å². The number of nitrogens with zero attached hydrogens (tertiary/aromatic N) is 4. The first kappa shape index (κ1) is 87.7. The van der Waals surface area contributed by atoms with Crippen LogP contribution in [0.5, 0.6) is 0 Å². The Morgan fingerprint density at radius 3 is 0.581 bits per heavy atom. The normalized spacial score (nSPS) is 48.6. The van der Waals surface area contributed by atoms with Gasteiger partial charge in [-0.05, 0) is 394 Å². The molecule has 124 heavy (non-hydrogen) atoms. The summed E-state index contributed by atoms with van der Waals surface area (Å²) in [5.74, 6) is 21.1. The van der Waals surface area contributed by atoms with Crippen molar-refractivity contribution in [2.75, 3.05) is 0 Å². The first-order chi connectivity index (χ1) is 61.5. The lowest BCUT2D eigenvalue weighted by Gasteiger charge is -2.51. The Balaban J connectivity index is 0.000000143. The van der Waals surface area contributed by atoms with Gasteiger partial charge in [-0.1, -0.05) is 218 Å². The van der Waals surface area contributed by atoms with Crippen molar-refractivity contribution in [3.63, 3.8) is 0 Å². The fourth-order valence-electron chi connectivity index (χ4n) is 41.4. The van der Waals surface area contributed by atoms with Crippen LogP contribution in [0.15, 0.2) is 0 Å². The minimum atomic E-state index is 0.688. The molecule has 8 saturated heterocycles. The number of piperidine rings is 4.